The Bertz CT molecular complexity index is 748. The predicted molar refractivity (Wildman–Crippen MR) is 107 cm³/mol. The molecule has 0 N–H and O–H groups in total. The molecule has 4 rings (SSSR count). The first-order valence-corrected chi connectivity index (χ1v) is 12.6. The Morgan fingerprint density at radius 1 is 1.15 bits per heavy atom. The molecule has 1 aromatic heterocycles. The highest BCUT2D eigenvalue weighted by molar-refractivity contribution is 7.91. The van der Waals surface area contributed by atoms with Gasteiger partial charge in [0.25, 0.3) is 10.0 Å². The highest BCUT2D eigenvalue weighted by Gasteiger charge is 2.50. The molecular weight excluding hydrogens is 380 g/mol. The smallest absolute Gasteiger partial charge is 0.252 e. The van der Waals surface area contributed by atoms with E-state index in [2.05, 4.69) is 0 Å². The van der Waals surface area contributed by atoms with Gasteiger partial charge in [-0.15, -0.1) is 11.3 Å². The lowest BCUT2D eigenvalue weighted by Crippen LogP contribution is -2.35. The third-order valence-corrected chi connectivity index (χ3v) is 10.1. The van der Waals surface area contributed by atoms with Crippen LogP contribution in [-0.4, -0.2) is 49.7 Å². The number of amides is 1. The lowest BCUT2D eigenvalue weighted by atomic mass is 9.66. The summed E-state index contributed by atoms with van der Waals surface area (Å²) in [6, 6.07) is 3.51. The minimum Gasteiger partial charge on any atom is -0.343 e. The van der Waals surface area contributed by atoms with Gasteiger partial charge in [0.15, 0.2) is 0 Å². The number of carbonyl (C=O) groups is 1. The average Bonchev–Trinajstić information content (AvgIpc) is 3.42. The molecule has 1 saturated carbocycles. The Kier molecular flexibility index (Phi) is 5.63. The van der Waals surface area contributed by atoms with Gasteiger partial charge in [0.1, 0.15) is 4.21 Å². The standard InChI is InChI=1S/C20H30N2O3S2/c23-18(21-12-4-5-13-21)9-8-17-15-22(16-20(17)10-2-1-3-11-20)27(24,25)19-7-6-14-26-19/h6-7,14,17H,1-5,8-13,15-16H2. The molecule has 1 amide bonds. The lowest BCUT2D eigenvalue weighted by Gasteiger charge is -2.38. The molecule has 3 fully saturated rings. The highest BCUT2D eigenvalue weighted by atomic mass is 32.2. The second kappa shape index (κ2) is 7.84. The van der Waals surface area contributed by atoms with Crippen LogP contribution in [-0.2, 0) is 14.8 Å². The monoisotopic (exact) mass is 410 g/mol. The number of hydrogen-bond acceptors (Lipinski definition) is 4. The van der Waals surface area contributed by atoms with E-state index in [1.807, 2.05) is 10.3 Å². The SMILES string of the molecule is O=C(CCC1CN(S(=O)(=O)c2cccs2)CC12CCCCC2)N1CCCC1. The molecule has 3 aliphatic rings. The van der Waals surface area contributed by atoms with Crippen molar-refractivity contribution < 1.29 is 13.2 Å². The van der Waals surface area contributed by atoms with Gasteiger partial charge in [-0.3, -0.25) is 4.79 Å². The summed E-state index contributed by atoms with van der Waals surface area (Å²) in [5.74, 6) is 0.567. The third kappa shape index (κ3) is 3.83. The normalized spacial score (nSPS) is 26.1. The van der Waals surface area contributed by atoms with Crippen molar-refractivity contribution in [1.29, 1.82) is 0 Å². The van der Waals surface area contributed by atoms with Crippen LogP contribution in [0.3, 0.4) is 0 Å². The van der Waals surface area contributed by atoms with Gasteiger partial charge in [0.2, 0.25) is 5.91 Å². The topological polar surface area (TPSA) is 57.7 Å². The van der Waals surface area contributed by atoms with E-state index in [0.29, 0.717) is 29.6 Å². The van der Waals surface area contributed by atoms with Gasteiger partial charge in [0.05, 0.1) is 0 Å². The molecule has 2 saturated heterocycles. The van der Waals surface area contributed by atoms with Crippen LogP contribution in [0.5, 0.6) is 0 Å². The van der Waals surface area contributed by atoms with Crippen molar-refractivity contribution in [3.63, 3.8) is 0 Å². The minimum absolute atomic E-state index is 0.0773. The molecule has 1 unspecified atom stereocenters. The van der Waals surface area contributed by atoms with Crippen LogP contribution < -0.4 is 0 Å². The van der Waals surface area contributed by atoms with E-state index >= 15 is 0 Å². The molecule has 150 valence electrons. The molecule has 27 heavy (non-hydrogen) atoms. The molecule has 1 aliphatic carbocycles. The van der Waals surface area contributed by atoms with E-state index < -0.39 is 10.0 Å². The van der Waals surface area contributed by atoms with Crippen LogP contribution in [0.15, 0.2) is 21.7 Å². The van der Waals surface area contributed by atoms with Gasteiger partial charge in [0, 0.05) is 32.6 Å². The molecule has 1 aromatic rings. The zero-order chi connectivity index (χ0) is 18.9. The van der Waals surface area contributed by atoms with Crippen molar-refractivity contribution in [2.24, 2.45) is 11.3 Å². The summed E-state index contributed by atoms with van der Waals surface area (Å²) in [7, 11) is -3.40. The number of likely N-dealkylation sites (tertiary alicyclic amines) is 1. The molecule has 1 spiro atoms. The molecule has 7 heteroatoms. The molecule has 1 atom stereocenters. The second-order valence-corrected chi connectivity index (χ2v) is 11.6. The van der Waals surface area contributed by atoms with Crippen LogP contribution in [0.4, 0.5) is 0 Å². The van der Waals surface area contributed by atoms with E-state index in [1.54, 1.807) is 16.4 Å². The number of rotatable bonds is 5. The Labute approximate surface area is 166 Å². The molecule has 3 heterocycles. The quantitative estimate of drug-likeness (QED) is 0.743. The van der Waals surface area contributed by atoms with E-state index in [-0.39, 0.29) is 11.3 Å². The Hall–Kier alpha value is -0.920. The predicted octanol–water partition coefficient (Wildman–Crippen LogP) is 3.72. The van der Waals surface area contributed by atoms with Crippen molar-refractivity contribution in [3.8, 4) is 0 Å². The molecule has 0 bridgehead atoms. The van der Waals surface area contributed by atoms with Gasteiger partial charge in [-0.1, -0.05) is 25.3 Å². The van der Waals surface area contributed by atoms with Crippen LogP contribution in [0.1, 0.15) is 57.8 Å². The fourth-order valence-corrected chi connectivity index (χ4v) is 8.07. The maximum Gasteiger partial charge on any atom is 0.252 e. The van der Waals surface area contributed by atoms with Crippen LogP contribution >= 0.6 is 11.3 Å². The van der Waals surface area contributed by atoms with Crippen LogP contribution in [0, 0.1) is 11.3 Å². The van der Waals surface area contributed by atoms with Crippen molar-refractivity contribution >= 4 is 27.3 Å². The molecule has 5 nitrogen and oxygen atoms in total. The largest absolute Gasteiger partial charge is 0.343 e. The van der Waals surface area contributed by atoms with Crippen molar-refractivity contribution in [2.75, 3.05) is 26.2 Å². The second-order valence-electron chi connectivity index (χ2n) is 8.48. The molecular formula is C20H30N2O3S2. The first-order valence-electron chi connectivity index (χ1n) is 10.3. The maximum atomic E-state index is 13.1. The fourth-order valence-electron chi connectivity index (χ4n) is 5.35. The van der Waals surface area contributed by atoms with Crippen molar-refractivity contribution in [2.45, 2.75) is 62.0 Å². The highest BCUT2D eigenvalue weighted by Crippen LogP contribution is 2.50. The van der Waals surface area contributed by atoms with Gasteiger partial charge < -0.3 is 4.90 Å². The average molecular weight is 411 g/mol. The molecule has 2 aliphatic heterocycles. The van der Waals surface area contributed by atoms with Gasteiger partial charge in [-0.05, 0) is 54.9 Å². The number of thiophene rings is 1. The summed E-state index contributed by atoms with van der Waals surface area (Å²) >= 11 is 1.30. The Morgan fingerprint density at radius 2 is 1.89 bits per heavy atom. The summed E-state index contributed by atoms with van der Waals surface area (Å²) in [5, 5.41) is 1.82. The van der Waals surface area contributed by atoms with E-state index in [1.165, 1.54) is 30.6 Å². The molecule has 0 radical (unpaired) electrons. The zero-order valence-corrected chi connectivity index (χ0v) is 17.6. The Morgan fingerprint density at radius 3 is 2.56 bits per heavy atom. The lowest BCUT2D eigenvalue weighted by molar-refractivity contribution is -0.130. The summed E-state index contributed by atoms with van der Waals surface area (Å²) in [4.78, 5) is 14.5. The first-order chi connectivity index (χ1) is 13.0. The number of hydrogen-bond donors (Lipinski definition) is 0. The fraction of sp³-hybridized carbons (Fsp3) is 0.750. The Balaban J connectivity index is 1.49. The van der Waals surface area contributed by atoms with Crippen molar-refractivity contribution in [1.82, 2.24) is 9.21 Å². The van der Waals surface area contributed by atoms with Crippen LogP contribution in [0.2, 0.25) is 0 Å². The van der Waals surface area contributed by atoms with E-state index in [0.717, 1.165) is 45.2 Å². The van der Waals surface area contributed by atoms with Gasteiger partial charge >= 0.3 is 0 Å². The number of carbonyl (C=O) groups excluding carboxylic acids is 1. The van der Waals surface area contributed by atoms with Crippen LogP contribution in [0.25, 0.3) is 0 Å². The minimum atomic E-state index is -3.40. The summed E-state index contributed by atoms with van der Waals surface area (Å²) in [5.41, 5.74) is 0.0773. The third-order valence-electron chi connectivity index (χ3n) is 6.89. The van der Waals surface area contributed by atoms with E-state index in [9.17, 15) is 13.2 Å². The van der Waals surface area contributed by atoms with Gasteiger partial charge in [-0.25, -0.2) is 8.42 Å². The molecule has 0 aromatic carbocycles. The first kappa shape index (κ1) is 19.4. The number of sulfonamides is 1. The summed E-state index contributed by atoms with van der Waals surface area (Å²) in [6.45, 7) is 3.00. The van der Waals surface area contributed by atoms with Crippen molar-refractivity contribution in [3.05, 3.63) is 17.5 Å². The zero-order valence-electron chi connectivity index (χ0n) is 15.9. The van der Waals surface area contributed by atoms with E-state index in [4.69, 9.17) is 0 Å². The number of nitrogens with zero attached hydrogens (tertiary/aromatic N) is 2. The summed E-state index contributed by atoms with van der Waals surface area (Å²) in [6.07, 6.45) is 9.45. The summed E-state index contributed by atoms with van der Waals surface area (Å²) < 4.78 is 28.3. The maximum absolute atomic E-state index is 13.1. The van der Waals surface area contributed by atoms with Gasteiger partial charge in [-0.2, -0.15) is 4.31 Å².